The standard InChI is InChI=1S/C42H12N12.2CH2.12Al/c1-2-44-37(43-1)25-13-20-27(39-47-5-6-48-39)15-22-29(41-51-9-10-52-41)18-24-30(42-53-11-12-54-42)17-23-28(40-49-7-8-50-40)16-21-26(38-45-3-4-46-38)14-19(25)31-32(20)34(22)36(24)35(23)33(21)31;;;;;;;;;;;;;;/h13-18H,(H,43,44)(H,45,46)(H,47,48)(H,49,50)(H,51,52)(H,53,54);2*1H2;;;;;;;;;;;;. The second kappa shape index (κ2) is 16.9. The molecule has 0 spiro atoms. The Morgan fingerprint density at radius 2 is 0.559 bits per heavy atom. The predicted molar refractivity (Wildman–Crippen MR) is 289 cm³/mol. The van der Waals surface area contributed by atoms with Crippen LogP contribution in [0.25, 0.3) is 133 Å². The van der Waals surface area contributed by atoms with Crippen molar-refractivity contribution in [3.63, 3.8) is 0 Å². The van der Waals surface area contributed by atoms with Crippen molar-refractivity contribution in [3.05, 3.63) is 36.4 Å². The number of benzene rings is 7. The minimum absolute atomic E-state index is 0.281. The molecule has 6 heterocycles. The number of rotatable bonds is 8. The molecule has 0 aliphatic carbocycles. The van der Waals surface area contributed by atoms with Gasteiger partial charge in [-0.25, -0.2) is 0 Å². The van der Waals surface area contributed by atoms with Gasteiger partial charge in [0, 0.05) is 0 Å². The molecule has 12 nitrogen and oxygen atoms in total. The van der Waals surface area contributed by atoms with Gasteiger partial charge in [-0.15, -0.1) is 0 Å². The Hall–Kier alpha value is -1.73. The van der Waals surface area contributed by atoms with Gasteiger partial charge in [-0.05, 0) is 0 Å². The van der Waals surface area contributed by atoms with Crippen LogP contribution < -0.4 is 54.7 Å². The first kappa shape index (κ1) is 46.1. The molecular formula is C44H16Al12N12. The molecule has 0 saturated heterocycles. The molecule has 0 atom stereocenters. The average Bonchev–Trinajstić information content (AvgIpc) is 4.18. The van der Waals surface area contributed by atoms with Gasteiger partial charge >= 0.3 is 404 Å². The molecule has 13 rings (SSSR count). The predicted octanol–water partition coefficient (Wildman–Crippen LogP) is -5.28. The van der Waals surface area contributed by atoms with Crippen LogP contribution >= 0.6 is 0 Å². The fourth-order valence-electron chi connectivity index (χ4n) is 10.1. The second-order valence-electron chi connectivity index (χ2n) is 16.8. The Balaban J connectivity index is 1.37. The summed E-state index contributed by atoms with van der Waals surface area (Å²) in [5.74, 6) is 4.54. The first-order chi connectivity index (χ1) is 32.7. The quantitative estimate of drug-likeness (QED) is 0.0505. The van der Waals surface area contributed by atoms with Gasteiger partial charge < -0.3 is 0 Å². The van der Waals surface area contributed by atoms with Crippen LogP contribution in [-0.2, 0) is 0 Å². The number of aromatic amines is 6. The van der Waals surface area contributed by atoms with E-state index in [-0.39, 0.29) is 29.6 Å². The molecule has 0 amide bonds. The third-order valence-corrected chi connectivity index (χ3v) is 21.2. The summed E-state index contributed by atoms with van der Waals surface area (Å²) < 4.78 is 10.7. The van der Waals surface area contributed by atoms with Gasteiger partial charge in [0.2, 0.25) is 65.2 Å². The number of nitrogens with zero attached hydrogens (tertiary/aromatic N) is 6. The zero-order chi connectivity index (χ0) is 46.9. The van der Waals surface area contributed by atoms with Crippen molar-refractivity contribution in [2.45, 2.75) is 0 Å². The Morgan fingerprint density at radius 1 is 0.309 bits per heavy atom. The summed E-state index contributed by atoms with van der Waals surface area (Å²) in [7, 11) is 0. The van der Waals surface area contributed by atoms with Crippen LogP contribution in [-0.4, -0.2) is 263 Å². The van der Waals surface area contributed by atoms with Gasteiger partial charge in [-0.1, -0.05) is 18.2 Å². The van der Waals surface area contributed by atoms with Crippen molar-refractivity contribution in [2.75, 3.05) is 0 Å². The summed E-state index contributed by atoms with van der Waals surface area (Å²) in [6.45, 7) is 0. The Kier molecular flexibility index (Phi) is 11.5. The van der Waals surface area contributed by atoms with Crippen LogP contribution in [0, 0.1) is 0 Å². The van der Waals surface area contributed by atoms with E-state index in [2.05, 4.69) is 240 Å². The van der Waals surface area contributed by atoms with E-state index in [1.807, 2.05) is 0 Å². The summed E-state index contributed by atoms with van der Waals surface area (Å²) in [6, 6.07) is 13.8. The molecule has 288 valence electrons. The molecule has 0 aliphatic heterocycles. The van der Waals surface area contributed by atoms with E-state index in [1.54, 1.807) is 0 Å². The van der Waals surface area contributed by atoms with Crippen LogP contribution in [0.2, 0.25) is 0 Å². The number of aromatic nitrogens is 12. The molecule has 20 radical (unpaired) electrons. The topological polar surface area (TPSA) is 172 Å². The van der Waals surface area contributed by atoms with E-state index >= 15 is 0 Å². The van der Waals surface area contributed by atoms with Gasteiger partial charge in [-0.3, -0.25) is 0 Å². The third kappa shape index (κ3) is 6.82. The normalized spacial score (nSPS) is 12.1. The van der Waals surface area contributed by atoms with E-state index < -0.39 is 0 Å². The zero-order valence-electron chi connectivity index (χ0n) is 35.5. The van der Waals surface area contributed by atoms with Crippen LogP contribution in [0.15, 0.2) is 36.4 Å². The number of imidazole rings is 6. The van der Waals surface area contributed by atoms with E-state index in [1.165, 1.54) is 0 Å². The Bertz CT molecular complexity index is 4090. The monoisotopic (exact) mass is 1040 g/mol. The molecule has 68 heavy (non-hydrogen) atoms. The van der Waals surface area contributed by atoms with Crippen LogP contribution in [0.4, 0.5) is 0 Å². The molecule has 24 heteroatoms. The Labute approximate surface area is 480 Å². The number of hydrogen-bond acceptors (Lipinski definition) is 6. The summed E-state index contributed by atoms with van der Waals surface area (Å²) in [4.78, 5) is 52.9. The van der Waals surface area contributed by atoms with Crippen molar-refractivity contribution in [1.29, 1.82) is 0 Å². The number of hydrogen-bond donors (Lipinski definition) is 6. The van der Waals surface area contributed by atoms with Crippen LogP contribution in [0.5, 0.6) is 0 Å². The summed E-state index contributed by atoms with van der Waals surface area (Å²) in [5.41, 5.74) is 5.72. The first-order valence-electron chi connectivity index (χ1n) is 20.9. The van der Waals surface area contributed by atoms with E-state index in [0.29, 0.717) is 0 Å². The van der Waals surface area contributed by atoms with Gasteiger partial charge in [-0.2, -0.15) is 0 Å². The van der Waals surface area contributed by atoms with E-state index in [0.717, 1.165) is 188 Å². The maximum atomic E-state index is 5.27. The van der Waals surface area contributed by atoms with E-state index in [4.69, 9.17) is 29.9 Å². The molecule has 0 bridgehead atoms. The fraction of sp³-hybridized carbons (Fsp3) is 0. The molecule has 13 aromatic rings. The van der Waals surface area contributed by atoms with E-state index in [9.17, 15) is 0 Å². The number of nitrogens with one attached hydrogen (secondary N) is 6. The number of H-pyrrole nitrogens is 6. The molecular weight excluding hydrogens is 1020 g/mol. The van der Waals surface area contributed by atoms with Crippen molar-refractivity contribution in [1.82, 2.24) is 59.8 Å². The third-order valence-electron chi connectivity index (χ3n) is 13.1. The van der Waals surface area contributed by atoms with Crippen molar-refractivity contribution >= 4 is 323 Å². The SMILES string of the molecule is [CH2]=[Al][c]1nc(-c2cc3c(-c4n[c]([Al])[c]([Al])[nH]4)cc4c(-c5n[c]([Al])[c]([Al])[nH]5)cc5c(-c6n[c]([Al])[c]([Al])[nH]6)cc6c(-c7n[c]([Al])[c]([Al])[nH]7)cc7c(-c8n[c]([Al])[c]([Al]=[CH2])[nH]8)cc2c2c3c4c5c6c72)[nH][c]1[Al]. The molecule has 6 N–H and O–H groups in total. The van der Waals surface area contributed by atoms with Crippen LogP contribution in [0.3, 0.4) is 0 Å². The molecule has 7 aromatic carbocycles. The molecule has 6 aromatic heterocycles. The van der Waals surface area contributed by atoms with Gasteiger partial charge in [0.15, 0.2) is 0 Å². The molecule has 0 saturated carbocycles. The zero-order valence-corrected chi connectivity index (χ0v) is 49.3. The first-order valence-corrected chi connectivity index (χ1v) is 29.5. The van der Waals surface area contributed by atoms with Gasteiger partial charge in [0.25, 0.3) is 0 Å². The summed E-state index contributed by atoms with van der Waals surface area (Å²) in [5, 5.41) is 21.5. The maximum absolute atomic E-state index is 5.27. The van der Waals surface area contributed by atoms with Crippen LogP contribution in [0.1, 0.15) is 0 Å². The van der Waals surface area contributed by atoms with Crippen molar-refractivity contribution in [2.24, 2.45) is 0 Å². The molecule has 0 unspecified atom stereocenters. The summed E-state index contributed by atoms with van der Waals surface area (Å²) >= 11 is 27.5. The Morgan fingerprint density at radius 3 is 0.779 bits per heavy atom. The van der Waals surface area contributed by atoms with Crippen molar-refractivity contribution in [3.8, 4) is 68.3 Å². The average molecular weight is 1040 g/mol. The second-order valence-corrected chi connectivity index (χ2v) is 24.4. The fourth-order valence-corrected chi connectivity index (χ4v) is 13.8. The summed E-state index contributed by atoms with van der Waals surface area (Å²) in [6.07, 6.45) is 0. The van der Waals surface area contributed by atoms with Crippen molar-refractivity contribution < 1.29 is 0 Å². The van der Waals surface area contributed by atoms with Gasteiger partial charge in [0.05, 0.1) is 0 Å². The van der Waals surface area contributed by atoms with Gasteiger partial charge in [0.1, 0.15) is 0 Å². The molecule has 0 fully saturated rings. The molecule has 0 aliphatic rings. The minimum atomic E-state index is -0.305.